The van der Waals surface area contributed by atoms with Crippen LogP contribution in [-0.4, -0.2) is 51.5 Å². The second-order valence-electron chi connectivity index (χ2n) is 8.35. The molecule has 0 spiro atoms. The number of pyridine rings is 1. The van der Waals surface area contributed by atoms with Gasteiger partial charge in [0.25, 0.3) is 11.5 Å². The third kappa shape index (κ3) is 4.84. The number of nitrogens with one attached hydrogen (secondary N) is 2. The molecule has 1 aliphatic heterocycles. The van der Waals surface area contributed by atoms with Crippen molar-refractivity contribution in [2.45, 2.75) is 26.2 Å². The zero-order chi connectivity index (χ0) is 23.3. The van der Waals surface area contributed by atoms with Crippen molar-refractivity contribution in [2.24, 2.45) is 5.41 Å². The summed E-state index contributed by atoms with van der Waals surface area (Å²) in [5, 5.41) is 9.19. The van der Waals surface area contributed by atoms with Crippen LogP contribution >= 0.6 is 0 Å². The van der Waals surface area contributed by atoms with Crippen LogP contribution in [0.3, 0.4) is 0 Å². The topological polar surface area (TPSA) is 108 Å². The molecule has 1 atom stereocenters. The number of hydrogen-bond donors (Lipinski definition) is 2. The molecule has 1 aromatic carbocycles. The highest BCUT2D eigenvalue weighted by atomic mass is 16.2. The number of rotatable bonds is 6. The van der Waals surface area contributed by atoms with E-state index in [1.54, 1.807) is 17.3 Å². The average molecular weight is 446 g/mol. The number of nitrogens with zero attached hydrogens (tertiary/aromatic N) is 3. The van der Waals surface area contributed by atoms with Crippen molar-refractivity contribution in [1.29, 1.82) is 0 Å². The van der Waals surface area contributed by atoms with Crippen LogP contribution in [0, 0.1) is 5.41 Å². The van der Waals surface area contributed by atoms with E-state index in [0.717, 1.165) is 16.7 Å². The van der Waals surface area contributed by atoms with Crippen molar-refractivity contribution < 1.29 is 9.59 Å². The minimum absolute atomic E-state index is 0.0542. The van der Waals surface area contributed by atoms with E-state index in [9.17, 15) is 14.4 Å². The van der Waals surface area contributed by atoms with Gasteiger partial charge in [-0.2, -0.15) is 5.10 Å². The van der Waals surface area contributed by atoms with Gasteiger partial charge in [0.2, 0.25) is 5.91 Å². The Labute approximate surface area is 192 Å². The normalized spacial score (nSPS) is 18.0. The Bertz CT molecular complexity index is 1170. The average Bonchev–Trinajstić information content (AvgIpc) is 2.85. The summed E-state index contributed by atoms with van der Waals surface area (Å²) in [4.78, 5) is 43.6. The molecule has 8 heteroatoms. The highest BCUT2D eigenvalue weighted by molar-refractivity contribution is 5.93. The molecular formula is C25H27N5O3. The predicted molar refractivity (Wildman–Crippen MR) is 124 cm³/mol. The number of amides is 2. The molecule has 33 heavy (non-hydrogen) atoms. The number of aromatic amines is 1. The molecule has 1 aliphatic rings. The van der Waals surface area contributed by atoms with E-state index >= 15 is 0 Å². The SMILES string of the molecule is CCNC(=O)C1(Cc2ccccc2-c2ccncc2)CCCN(C(=O)c2ccc(=O)[nH]n2)C1. The largest absolute Gasteiger partial charge is 0.356 e. The summed E-state index contributed by atoms with van der Waals surface area (Å²) in [6.45, 7) is 3.23. The molecule has 0 saturated carbocycles. The number of benzene rings is 1. The van der Waals surface area contributed by atoms with Gasteiger partial charge in [-0.05, 0) is 61.1 Å². The highest BCUT2D eigenvalue weighted by Crippen LogP contribution is 2.37. The van der Waals surface area contributed by atoms with E-state index in [2.05, 4.69) is 20.5 Å². The second kappa shape index (κ2) is 9.77. The minimum atomic E-state index is -0.769. The highest BCUT2D eigenvalue weighted by Gasteiger charge is 2.44. The summed E-state index contributed by atoms with van der Waals surface area (Å²) in [6.07, 6.45) is 5.38. The lowest BCUT2D eigenvalue weighted by atomic mass is 9.73. The first-order valence-electron chi connectivity index (χ1n) is 11.1. The van der Waals surface area contributed by atoms with Crippen molar-refractivity contribution >= 4 is 11.8 Å². The van der Waals surface area contributed by atoms with Crippen molar-refractivity contribution in [3.63, 3.8) is 0 Å². The fraction of sp³-hybridized carbons (Fsp3) is 0.320. The molecule has 1 fully saturated rings. The number of piperidine rings is 1. The first-order valence-corrected chi connectivity index (χ1v) is 11.1. The number of carbonyl (C=O) groups is 2. The van der Waals surface area contributed by atoms with Crippen molar-refractivity contribution in [3.05, 3.63) is 82.5 Å². The Morgan fingerprint density at radius 2 is 1.91 bits per heavy atom. The van der Waals surface area contributed by atoms with E-state index < -0.39 is 5.41 Å². The van der Waals surface area contributed by atoms with E-state index in [1.807, 2.05) is 43.3 Å². The Morgan fingerprint density at radius 3 is 2.64 bits per heavy atom. The maximum Gasteiger partial charge on any atom is 0.274 e. The van der Waals surface area contributed by atoms with Crippen molar-refractivity contribution in [2.75, 3.05) is 19.6 Å². The third-order valence-electron chi connectivity index (χ3n) is 6.12. The quantitative estimate of drug-likeness (QED) is 0.606. The fourth-order valence-electron chi connectivity index (χ4n) is 4.54. The predicted octanol–water partition coefficient (Wildman–Crippen LogP) is 2.43. The molecule has 4 rings (SSSR count). The maximum atomic E-state index is 13.4. The van der Waals surface area contributed by atoms with Gasteiger partial charge in [0.15, 0.2) is 0 Å². The maximum absolute atomic E-state index is 13.4. The van der Waals surface area contributed by atoms with Crippen LogP contribution in [0.1, 0.15) is 35.8 Å². The van der Waals surface area contributed by atoms with Crippen LogP contribution in [-0.2, 0) is 11.2 Å². The molecule has 1 saturated heterocycles. The number of aromatic nitrogens is 3. The first-order chi connectivity index (χ1) is 16.0. The van der Waals surface area contributed by atoms with E-state index in [1.165, 1.54) is 12.1 Å². The lowest BCUT2D eigenvalue weighted by Gasteiger charge is -2.42. The molecule has 8 nitrogen and oxygen atoms in total. The Hall–Kier alpha value is -3.81. The molecule has 2 N–H and O–H groups in total. The molecule has 2 amide bonds. The summed E-state index contributed by atoms with van der Waals surface area (Å²) in [6, 6.07) is 14.7. The van der Waals surface area contributed by atoms with Gasteiger partial charge in [0.1, 0.15) is 5.69 Å². The van der Waals surface area contributed by atoms with Gasteiger partial charge in [-0.25, -0.2) is 5.10 Å². The molecule has 0 radical (unpaired) electrons. The monoisotopic (exact) mass is 445 g/mol. The number of H-pyrrole nitrogens is 1. The lowest BCUT2D eigenvalue weighted by Crippen LogP contribution is -2.54. The van der Waals surface area contributed by atoms with Crippen LogP contribution in [0.25, 0.3) is 11.1 Å². The van der Waals surface area contributed by atoms with Crippen LogP contribution < -0.4 is 10.9 Å². The summed E-state index contributed by atoms with van der Waals surface area (Å²) < 4.78 is 0. The molecule has 3 heterocycles. The van der Waals surface area contributed by atoms with E-state index in [4.69, 9.17) is 0 Å². The zero-order valence-corrected chi connectivity index (χ0v) is 18.6. The van der Waals surface area contributed by atoms with E-state index in [-0.39, 0.29) is 29.6 Å². The molecule has 0 aliphatic carbocycles. The molecular weight excluding hydrogens is 418 g/mol. The van der Waals surface area contributed by atoms with Gasteiger partial charge in [0, 0.05) is 38.1 Å². The van der Waals surface area contributed by atoms with Gasteiger partial charge < -0.3 is 10.2 Å². The van der Waals surface area contributed by atoms with Gasteiger partial charge in [-0.1, -0.05) is 24.3 Å². The van der Waals surface area contributed by atoms with E-state index in [0.29, 0.717) is 32.4 Å². The summed E-state index contributed by atoms with van der Waals surface area (Å²) in [5.41, 5.74) is 2.16. The van der Waals surface area contributed by atoms with Crippen LogP contribution in [0.5, 0.6) is 0 Å². The smallest absolute Gasteiger partial charge is 0.274 e. The van der Waals surface area contributed by atoms with Gasteiger partial charge in [-0.3, -0.25) is 19.4 Å². The number of hydrogen-bond acceptors (Lipinski definition) is 5. The standard InChI is InChI=1S/C25H27N5O3/c1-2-27-24(33)25(16-19-6-3-4-7-20(19)18-10-13-26-14-11-18)12-5-15-30(17-25)23(32)21-8-9-22(31)29-28-21/h3-4,6-11,13-14H,2,5,12,15-17H2,1H3,(H,27,33)(H,29,31). The summed E-state index contributed by atoms with van der Waals surface area (Å²) in [7, 11) is 0. The van der Waals surface area contributed by atoms with Crippen molar-refractivity contribution in [3.8, 4) is 11.1 Å². The fourth-order valence-corrected chi connectivity index (χ4v) is 4.54. The minimum Gasteiger partial charge on any atom is -0.356 e. The molecule has 2 aromatic heterocycles. The Kier molecular flexibility index (Phi) is 6.63. The van der Waals surface area contributed by atoms with Crippen LogP contribution in [0.2, 0.25) is 0 Å². The van der Waals surface area contributed by atoms with Gasteiger partial charge >= 0.3 is 0 Å². The number of likely N-dealkylation sites (tertiary alicyclic amines) is 1. The van der Waals surface area contributed by atoms with Crippen LogP contribution in [0.15, 0.2) is 65.7 Å². The molecule has 170 valence electrons. The zero-order valence-electron chi connectivity index (χ0n) is 18.6. The molecule has 1 unspecified atom stereocenters. The summed E-state index contributed by atoms with van der Waals surface area (Å²) >= 11 is 0. The second-order valence-corrected chi connectivity index (χ2v) is 8.35. The van der Waals surface area contributed by atoms with Crippen LogP contribution in [0.4, 0.5) is 0 Å². The van der Waals surface area contributed by atoms with Gasteiger partial charge in [0.05, 0.1) is 5.41 Å². The Morgan fingerprint density at radius 1 is 1.12 bits per heavy atom. The molecule has 3 aromatic rings. The molecule has 0 bridgehead atoms. The summed E-state index contributed by atoms with van der Waals surface area (Å²) in [5.74, 6) is -0.344. The first kappa shape index (κ1) is 22.4. The Balaban J connectivity index is 1.68. The third-order valence-corrected chi connectivity index (χ3v) is 6.12. The van der Waals surface area contributed by atoms with Gasteiger partial charge in [-0.15, -0.1) is 0 Å². The lowest BCUT2D eigenvalue weighted by molar-refractivity contribution is -0.133. The van der Waals surface area contributed by atoms with Crippen molar-refractivity contribution in [1.82, 2.24) is 25.4 Å². The number of carbonyl (C=O) groups excluding carboxylic acids is 2.